The minimum Gasteiger partial charge on any atom is -0.363 e. The van der Waals surface area contributed by atoms with E-state index in [1.807, 2.05) is 24.3 Å². The average Bonchev–Trinajstić information content (AvgIpc) is 3.33. The van der Waals surface area contributed by atoms with E-state index in [0.29, 0.717) is 34.6 Å². The third-order valence-corrected chi connectivity index (χ3v) is 6.23. The number of benzene rings is 1. The maximum Gasteiger partial charge on any atom is 0.410 e. The zero-order valence-electron chi connectivity index (χ0n) is 18.3. The number of aromatic nitrogens is 5. The van der Waals surface area contributed by atoms with E-state index in [4.69, 9.17) is 12.2 Å². The zero-order chi connectivity index (χ0) is 23.0. The molecule has 2 atom stereocenters. The predicted octanol–water partition coefficient (Wildman–Crippen LogP) is 6.39. The van der Waals surface area contributed by atoms with Crippen molar-refractivity contribution in [1.29, 1.82) is 0 Å². The van der Waals surface area contributed by atoms with Gasteiger partial charge in [0.2, 0.25) is 0 Å². The number of aromatic amines is 1. The summed E-state index contributed by atoms with van der Waals surface area (Å²) in [6, 6.07) is 7.20. The lowest BCUT2D eigenvalue weighted by molar-refractivity contribution is -0.173. The first-order valence-electron chi connectivity index (χ1n) is 10.9. The topological polar surface area (TPSA) is 63.5 Å². The van der Waals surface area contributed by atoms with Gasteiger partial charge < -0.3 is 5.32 Å². The number of hydrogen-bond acceptors (Lipinski definition) is 4. The van der Waals surface area contributed by atoms with Gasteiger partial charge in [0, 0.05) is 19.0 Å². The number of H-pyrrole nitrogens is 1. The Morgan fingerprint density at radius 1 is 1.22 bits per heavy atom. The van der Waals surface area contributed by atoms with Gasteiger partial charge in [-0.3, -0.25) is 9.67 Å². The second-order valence-corrected chi connectivity index (χ2v) is 8.92. The maximum absolute atomic E-state index is 14.0. The van der Waals surface area contributed by atoms with Gasteiger partial charge in [-0.2, -0.15) is 23.4 Å². The third kappa shape index (κ3) is 4.32. The highest BCUT2D eigenvalue weighted by molar-refractivity contribution is 7.71. The van der Waals surface area contributed by atoms with Crippen LogP contribution in [0.25, 0.3) is 11.5 Å². The Kier molecular flexibility index (Phi) is 6.15. The van der Waals surface area contributed by atoms with Gasteiger partial charge in [0.25, 0.3) is 0 Å². The summed E-state index contributed by atoms with van der Waals surface area (Å²) in [6.07, 6.45) is -2.72. The first kappa shape index (κ1) is 22.6. The van der Waals surface area contributed by atoms with E-state index >= 15 is 0 Å². The molecule has 0 unspecified atom stereocenters. The van der Waals surface area contributed by atoms with Crippen molar-refractivity contribution in [2.75, 3.05) is 5.32 Å². The molecule has 0 fully saturated rings. The number of nitrogens with one attached hydrogen (secondary N) is 2. The number of fused-ring (bicyclic) bond motifs is 1. The van der Waals surface area contributed by atoms with Crippen molar-refractivity contribution in [1.82, 2.24) is 24.5 Å². The Bertz CT molecular complexity index is 1130. The van der Waals surface area contributed by atoms with Crippen LogP contribution >= 0.6 is 12.2 Å². The lowest BCUT2D eigenvalue weighted by Crippen LogP contribution is -2.35. The molecular weight excluding hydrogens is 437 g/mol. The van der Waals surface area contributed by atoms with Crippen molar-refractivity contribution >= 4 is 18.0 Å². The van der Waals surface area contributed by atoms with Gasteiger partial charge in [-0.1, -0.05) is 51.5 Å². The van der Waals surface area contributed by atoms with E-state index in [1.54, 1.807) is 10.6 Å². The van der Waals surface area contributed by atoms with Crippen LogP contribution < -0.4 is 5.32 Å². The van der Waals surface area contributed by atoms with Crippen LogP contribution in [0.5, 0.6) is 0 Å². The van der Waals surface area contributed by atoms with Gasteiger partial charge in [0.15, 0.2) is 16.6 Å². The standard InChI is InChI=1S/C22H27F3N6S/c1-4-5-10-30-20(27-28-21(30)32)17-12-19-26-16(11-18(22(23,24)25)31(19)29-17)15-8-6-14(7-9-15)13(2)3/h6-9,12-13,16,18,26H,4-5,10-11H2,1-3H3,(H,28,32)/t16-,18+/m0/s1. The molecular formula is C22H27F3N6S. The van der Waals surface area contributed by atoms with E-state index in [2.05, 4.69) is 41.4 Å². The molecule has 1 aliphatic rings. The first-order valence-corrected chi connectivity index (χ1v) is 11.3. The maximum atomic E-state index is 14.0. The van der Waals surface area contributed by atoms with Crippen LogP contribution in [-0.2, 0) is 6.54 Å². The summed E-state index contributed by atoms with van der Waals surface area (Å²) in [5, 5.41) is 14.5. The fraction of sp³-hybridized carbons (Fsp3) is 0.500. The minimum atomic E-state index is -4.43. The van der Waals surface area contributed by atoms with Crippen LogP contribution in [-0.4, -0.2) is 30.7 Å². The monoisotopic (exact) mass is 464 g/mol. The van der Waals surface area contributed by atoms with Crippen molar-refractivity contribution in [3.05, 3.63) is 46.2 Å². The fourth-order valence-corrected chi connectivity index (χ4v) is 4.27. The number of alkyl halides is 3. The highest BCUT2D eigenvalue weighted by Gasteiger charge is 2.46. The van der Waals surface area contributed by atoms with E-state index in [1.165, 1.54) is 0 Å². The van der Waals surface area contributed by atoms with Gasteiger partial charge in [-0.25, -0.2) is 4.68 Å². The first-order chi connectivity index (χ1) is 15.2. The number of anilines is 1. The lowest BCUT2D eigenvalue weighted by Gasteiger charge is -2.33. The Morgan fingerprint density at radius 2 is 1.94 bits per heavy atom. The SMILES string of the molecule is CCCCn1c(-c2cc3n(n2)[C@@H](C(F)(F)F)C[C@@H](c2ccc(C(C)C)cc2)N3)n[nH]c1=S. The minimum absolute atomic E-state index is 0.138. The Hall–Kier alpha value is -2.62. The molecule has 3 aromatic rings. The van der Waals surface area contributed by atoms with Gasteiger partial charge in [0.1, 0.15) is 11.5 Å². The molecule has 0 amide bonds. The van der Waals surface area contributed by atoms with Crippen molar-refractivity contribution in [3.8, 4) is 11.5 Å². The number of hydrogen-bond donors (Lipinski definition) is 2. The summed E-state index contributed by atoms with van der Waals surface area (Å²) >= 11 is 5.30. The molecule has 10 heteroatoms. The molecule has 3 heterocycles. The predicted molar refractivity (Wildman–Crippen MR) is 120 cm³/mol. The molecule has 0 saturated heterocycles. The van der Waals surface area contributed by atoms with Crippen molar-refractivity contribution in [2.45, 2.75) is 70.8 Å². The smallest absolute Gasteiger partial charge is 0.363 e. The average molecular weight is 465 g/mol. The van der Waals surface area contributed by atoms with Crippen LogP contribution in [0, 0.1) is 4.77 Å². The molecule has 6 nitrogen and oxygen atoms in total. The molecule has 172 valence electrons. The van der Waals surface area contributed by atoms with Crippen LogP contribution in [0.4, 0.5) is 19.0 Å². The Morgan fingerprint density at radius 3 is 2.56 bits per heavy atom. The number of rotatable bonds is 6. The van der Waals surface area contributed by atoms with E-state index in [-0.39, 0.29) is 6.42 Å². The number of unbranched alkanes of at least 4 members (excludes halogenated alkanes) is 1. The van der Waals surface area contributed by atoms with Gasteiger partial charge in [0.05, 0.1) is 6.04 Å². The molecule has 2 aromatic heterocycles. The molecule has 4 rings (SSSR count). The van der Waals surface area contributed by atoms with E-state index in [9.17, 15) is 13.2 Å². The van der Waals surface area contributed by atoms with E-state index in [0.717, 1.165) is 28.7 Å². The molecule has 0 bridgehead atoms. The number of nitrogens with zero attached hydrogens (tertiary/aromatic N) is 4. The molecule has 0 saturated carbocycles. The summed E-state index contributed by atoms with van der Waals surface area (Å²) in [4.78, 5) is 0. The van der Waals surface area contributed by atoms with Crippen LogP contribution in [0.3, 0.4) is 0 Å². The fourth-order valence-electron chi connectivity index (χ4n) is 4.05. The third-order valence-electron chi connectivity index (χ3n) is 5.92. The highest BCUT2D eigenvalue weighted by atomic mass is 32.1. The molecule has 32 heavy (non-hydrogen) atoms. The van der Waals surface area contributed by atoms with Crippen molar-refractivity contribution in [3.63, 3.8) is 0 Å². The van der Waals surface area contributed by atoms with Crippen molar-refractivity contribution < 1.29 is 13.2 Å². The Balaban J connectivity index is 1.71. The van der Waals surface area contributed by atoms with Crippen LogP contribution in [0.15, 0.2) is 30.3 Å². The quantitative estimate of drug-likeness (QED) is 0.415. The second kappa shape index (κ2) is 8.73. The molecule has 0 aliphatic carbocycles. The summed E-state index contributed by atoms with van der Waals surface area (Å²) < 4.78 is 45.3. The molecule has 1 aliphatic heterocycles. The number of halogens is 3. The molecule has 0 radical (unpaired) electrons. The molecule has 0 spiro atoms. The normalized spacial score (nSPS) is 18.6. The van der Waals surface area contributed by atoms with Gasteiger partial charge >= 0.3 is 6.18 Å². The summed E-state index contributed by atoms with van der Waals surface area (Å²) in [5.74, 6) is 1.13. The van der Waals surface area contributed by atoms with Gasteiger partial charge in [-0.15, -0.1) is 0 Å². The highest BCUT2D eigenvalue weighted by Crippen LogP contribution is 2.44. The van der Waals surface area contributed by atoms with Gasteiger partial charge in [-0.05, 0) is 35.7 Å². The van der Waals surface area contributed by atoms with Crippen LogP contribution in [0.2, 0.25) is 0 Å². The molecule has 1 aromatic carbocycles. The lowest BCUT2D eigenvalue weighted by atomic mass is 9.94. The van der Waals surface area contributed by atoms with Crippen molar-refractivity contribution in [2.24, 2.45) is 0 Å². The second-order valence-electron chi connectivity index (χ2n) is 8.53. The largest absolute Gasteiger partial charge is 0.410 e. The zero-order valence-corrected chi connectivity index (χ0v) is 19.1. The van der Waals surface area contributed by atoms with E-state index < -0.39 is 18.3 Å². The summed E-state index contributed by atoms with van der Waals surface area (Å²) in [5.41, 5.74) is 2.34. The summed E-state index contributed by atoms with van der Waals surface area (Å²) in [6.45, 7) is 6.86. The Labute approximate surface area is 189 Å². The summed E-state index contributed by atoms with van der Waals surface area (Å²) in [7, 11) is 0. The molecule has 2 N–H and O–H groups in total. The van der Waals surface area contributed by atoms with Crippen LogP contribution in [0.1, 0.15) is 69.2 Å².